The largest absolute Gasteiger partial charge is 0.480 e. The highest BCUT2D eigenvalue weighted by atomic mass is 16.4. The fourth-order valence-corrected chi connectivity index (χ4v) is 3.06. The zero-order valence-electron chi connectivity index (χ0n) is 16.9. The Morgan fingerprint density at radius 1 is 0.903 bits per heavy atom. The first-order valence-electron chi connectivity index (χ1n) is 9.90. The third-order valence-electron chi connectivity index (χ3n) is 4.72. The molecular weight excluding hydrogens is 388 g/mol. The maximum absolute atomic E-state index is 11.7. The molecule has 0 saturated carbocycles. The summed E-state index contributed by atoms with van der Waals surface area (Å²) in [6.45, 7) is 0. The lowest BCUT2D eigenvalue weighted by Gasteiger charge is -2.04. The van der Waals surface area contributed by atoms with Crippen LogP contribution in [0, 0.1) is 0 Å². The second-order valence-electron chi connectivity index (χ2n) is 6.98. The number of benzene rings is 3. The lowest BCUT2D eigenvalue weighted by molar-refractivity contribution is -0.138. The van der Waals surface area contributed by atoms with Crippen molar-refractivity contribution in [2.24, 2.45) is 5.73 Å². The Labute approximate surface area is 180 Å². The van der Waals surface area contributed by atoms with Crippen LogP contribution in [0.2, 0.25) is 0 Å². The minimum Gasteiger partial charge on any atom is -0.480 e. The highest BCUT2D eigenvalue weighted by Crippen LogP contribution is 2.18. The Morgan fingerprint density at radius 2 is 1.52 bits per heavy atom. The molecule has 156 valence electrons. The van der Waals surface area contributed by atoms with Crippen LogP contribution in [-0.2, 0) is 11.2 Å². The molecule has 0 amide bonds. The van der Waals surface area contributed by atoms with Gasteiger partial charge < -0.3 is 15.8 Å². The third kappa shape index (κ3) is 6.26. The van der Waals surface area contributed by atoms with Gasteiger partial charge in [0, 0.05) is 29.1 Å². The van der Waals surface area contributed by atoms with E-state index in [2.05, 4.69) is 4.98 Å². The molecule has 0 bridgehead atoms. The van der Waals surface area contributed by atoms with E-state index in [1.54, 1.807) is 6.08 Å². The van der Waals surface area contributed by atoms with E-state index in [4.69, 9.17) is 10.8 Å². The van der Waals surface area contributed by atoms with E-state index in [-0.39, 0.29) is 5.78 Å². The van der Waals surface area contributed by atoms with Crippen LogP contribution in [0.3, 0.4) is 0 Å². The molecule has 0 fully saturated rings. The number of rotatable bonds is 6. The van der Waals surface area contributed by atoms with Gasteiger partial charge in [0.1, 0.15) is 6.04 Å². The maximum Gasteiger partial charge on any atom is 0.320 e. The zero-order chi connectivity index (χ0) is 22.1. The number of carbonyl (C=O) groups is 2. The van der Waals surface area contributed by atoms with Crippen molar-refractivity contribution in [3.05, 3.63) is 114 Å². The quantitative estimate of drug-likeness (QED) is 0.316. The highest BCUT2D eigenvalue weighted by molar-refractivity contribution is 6.06. The van der Waals surface area contributed by atoms with Gasteiger partial charge in [-0.2, -0.15) is 0 Å². The van der Waals surface area contributed by atoms with Crippen molar-refractivity contribution in [3.63, 3.8) is 0 Å². The Hall–Kier alpha value is -3.96. The molecule has 5 heteroatoms. The Kier molecular flexibility index (Phi) is 7.51. The summed E-state index contributed by atoms with van der Waals surface area (Å²) in [7, 11) is 0. The number of H-pyrrole nitrogens is 1. The molecule has 4 N–H and O–H groups in total. The number of aromatic amines is 1. The summed E-state index contributed by atoms with van der Waals surface area (Å²) in [6, 6.07) is 26.0. The Balaban J connectivity index is 0.000000176. The predicted octanol–water partition coefficient (Wildman–Crippen LogP) is 4.71. The number of para-hydroxylation sites is 1. The fraction of sp³-hybridized carbons (Fsp3) is 0.0769. The van der Waals surface area contributed by atoms with E-state index < -0.39 is 12.0 Å². The van der Waals surface area contributed by atoms with Crippen molar-refractivity contribution < 1.29 is 14.7 Å². The van der Waals surface area contributed by atoms with Crippen LogP contribution in [0.4, 0.5) is 0 Å². The van der Waals surface area contributed by atoms with Gasteiger partial charge in [-0.1, -0.05) is 84.9 Å². The van der Waals surface area contributed by atoms with Gasteiger partial charge in [-0.05, 0) is 23.3 Å². The number of nitrogens with one attached hydrogen (secondary N) is 1. The molecule has 0 aliphatic carbocycles. The average molecular weight is 412 g/mol. The molecule has 31 heavy (non-hydrogen) atoms. The van der Waals surface area contributed by atoms with Crippen molar-refractivity contribution in [1.29, 1.82) is 0 Å². The number of ketones is 1. The van der Waals surface area contributed by atoms with Crippen molar-refractivity contribution in [2.45, 2.75) is 12.5 Å². The van der Waals surface area contributed by atoms with Gasteiger partial charge in [-0.25, -0.2) is 0 Å². The second-order valence-corrected chi connectivity index (χ2v) is 6.98. The molecule has 1 aromatic heterocycles. The molecule has 1 unspecified atom stereocenters. The fourth-order valence-electron chi connectivity index (χ4n) is 3.06. The maximum atomic E-state index is 11.7. The van der Waals surface area contributed by atoms with Crippen LogP contribution < -0.4 is 5.73 Å². The monoisotopic (exact) mass is 412 g/mol. The molecule has 0 aliphatic heterocycles. The molecule has 4 rings (SSSR count). The first kappa shape index (κ1) is 21.7. The number of carboxylic acids is 1. The summed E-state index contributed by atoms with van der Waals surface area (Å²) in [6.07, 6.45) is 5.59. The zero-order valence-corrected chi connectivity index (χ0v) is 16.9. The summed E-state index contributed by atoms with van der Waals surface area (Å²) < 4.78 is 0. The first-order chi connectivity index (χ1) is 15.0. The highest BCUT2D eigenvalue weighted by Gasteiger charge is 2.14. The first-order valence-corrected chi connectivity index (χ1v) is 9.90. The second kappa shape index (κ2) is 10.7. The van der Waals surface area contributed by atoms with Crippen LogP contribution >= 0.6 is 0 Å². The van der Waals surface area contributed by atoms with E-state index in [1.165, 1.54) is 0 Å². The number of aromatic nitrogens is 1. The van der Waals surface area contributed by atoms with Gasteiger partial charge >= 0.3 is 5.97 Å². The minimum absolute atomic E-state index is 0.0319. The summed E-state index contributed by atoms with van der Waals surface area (Å²) in [5, 5.41) is 9.75. The summed E-state index contributed by atoms with van der Waals surface area (Å²) in [4.78, 5) is 25.4. The van der Waals surface area contributed by atoms with Crippen LogP contribution in [-0.4, -0.2) is 27.9 Å². The van der Waals surface area contributed by atoms with Crippen molar-refractivity contribution in [3.8, 4) is 0 Å². The van der Waals surface area contributed by atoms with Gasteiger partial charge in [0.2, 0.25) is 0 Å². The van der Waals surface area contributed by atoms with Crippen LogP contribution in [0.1, 0.15) is 21.5 Å². The third-order valence-corrected chi connectivity index (χ3v) is 4.72. The van der Waals surface area contributed by atoms with Gasteiger partial charge in [0.05, 0.1) is 0 Å². The lowest BCUT2D eigenvalue weighted by atomic mass is 10.1. The smallest absolute Gasteiger partial charge is 0.320 e. The van der Waals surface area contributed by atoms with E-state index in [0.29, 0.717) is 6.42 Å². The number of nitrogens with two attached hydrogens (primary N) is 1. The molecule has 0 radical (unpaired) electrons. The van der Waals surface area contributed by atoms with E-state index in [9.17, 15) is 9.59 Å². The molecule has 0 saturated heterocycles. The van der Waals surface area contributed by atoms with Gasteiger partial charge in [0.15, 0.2) is 5.78 Å². The molecule has 0 spiro atoms. The lowest BCUT2D eigenvalue weighted by Crippen LogP contribution is -2.32. The van der Waals surface area contributed by atoms with Crippen molar-refractivity contribution in [1.82, 2.24) is 4.98 Å². The van der Waals surface area contributed by atoms with Crippen LogP contribution in [0.25, 0.3) is 17.0 Å². The topological polar surface area (TPSA) is 96.2 Å². The molecule has 0 aliphatic rings. The number of carboxylic acid groups (broad SMARTS) is 1. The molecule has 5 nitrogen and oxygen atoms in total. The van der Waals surface area contributed by atoms with Crippen molar-refractivity contribution >= 4 is 28.7 Å². The minimum atomic E-state index is -0.972. The summed E-state index contributed by atoms with van der Waals surface area (Å²) in [5.74, 6) is -0.940. The van der Waals surface area contributed by atoms with Crippen LogP contribution in [0.5, 0.6) is 0 Å². The number of carbonyl (C=O) groups excluding carboxylic acids is 1. The summed E-state index contributed by atoms with van der Waals surface area (Å²) in [5.41, 5.74) is 9.19. The van der Waals surface area contributed by atoms with Crippen molar-refractivity contribution in [2.75, 3.05) is 0 Å². The molecule has 1 heterocycles. The Bertz CT molecular complexity index is 1160. The average Bonchev–Trinajstić information content (AvgIpc) is 3.22. The standard InChI is InChI=1S/C15H12O.C11H12N2O2/c16-15(14-9-5-2-6-10-14)12-11-13-7-3-1-4-8-13;12-9(11(14)15)5-7-6-13-10-4-2-1-3-8(7)10/h1-12H;1-4,6,9,13H,5,12H2,(H,14,15). The number of hydrogen-bond donors (Lipinski definition) is 3. The van der Waals surface area contributed by atoms with E-state index in [1.807, 2.05) is 97.2 Å². The number of fused-ring (bicyclic) bond motifs is 1. The molecular formula is C26H24N2O3. The summed E-state index contributed by atoms with van der Waals surface area (Å²) >= 11 is 0. The normalized spacial score (nSPS) is 11.6. The van der Waals surface area contributed by atoms with Gasteiger partial charge in [0.25, 0.3) is 0 Å². The number of aliphatic carboxylic acids is 1. The SMILES string of the molecule is NC(Cc1c[nH]c2ccccc12)C(=O)O.O=C(C=Cc1ccccc1)c1ccccc1. The molecule has 1 atom stereocenters. The van der Waals surface area contributed by atoms with Gasteiger partial charge in [-0.15, -0.1) is 0 Å². The molecule has 3 aromatic carbocycles. The van der Waals surface area contributed by atoms with E-state index in [0.717, 1.165) is 27.6 Å². The number of allylic oxidation sites excluding steroid dienone is 1. The number of hydrogen-bond acceptors (Lipinski definition) is 3. The Morgan fingerprint density at radius 3 is 2.19 bits per heavy atom. The predicted molar refractivity (Wildman–Crippen MR) is 124 cm³/mol. The molecule has 4 aromatic rings. The van der Waals surface area contributed by atoms with E-state index >= 15 is 0 Å². The van der Waals surface area contributed by atoms with Crippen LogP contribution in [0.15, 0.2) is 97.2 Å². The van der Waals surface area contributed by atoms with Gasteiger partial charge in [-0.3, -0.25) is 9.59 Å².